The molecule has 2 rings (SSSR count). The Hall–Kier alpha value is -1.16. The standard InChI is InChI=1S/C10H12ClN3O/c11-10-12-6-5-8(14-10)13-9(15)4-3-7-1-2-7/h5-7H,1-4H2,(H,12,13,14,15). The molecular formula is C10H12ClN3O. The molecule has 1 N–H and O–H groups in total. The minimum Gasteiger partial charge on any atom is -0.311 e. The Labute approximate surface area is 93.1 Å². The van der Waals surface area contributed by atoms with E-state index >= 15 is 0 Å². The summed E-state index contributed by atoms with van der Waals surface area (Å²) in [5.74, 6) is 1.23. The minimum atomic E-state index is -0.00309. The van der Waals surface area contributed by atoms with Gasteiger partial charge in [0.2, 0.25) is 11.2 Å². The van der Waals surface area contributed by atoms with Gasteiger partial charge in [0.1, 0.15) is 5.82 Å². The number of amides is 1. The molecule has 1 saturated carbocycles. The van der Waals surface area contributed by atoms with Gasteiger partial charge in [-0.3, -0.25) is 4.79 Å². The molecule has 0 radical (unpaired) electrons. The summed E-state index contributed by atoms with van der Waals surface area (Å²) >= 11 is 5.59. The van der Waals surface area contributed by atoms with Crippen LogP contribution < -0.4 is 5.32 Å². The predicted octanol–water partition coefficient (Wildman–Crippen LogP) is 2.26. The molecule has 0 unspecified atom stereocenters. The van der Waals surface area contributed by atoms with Gasteiger partial charge in [-0.05, 0) is 30.0 Å². The van der Waals surface area contributed by atoms with E-state index in [0.717, 1.165) is 12.3 Å². The molecule has 4 nitrogen and oxygen atoms in total. The molecule has 1 aromatic rings. The SMILES string of the molecule is O=C(CCC1CC1)Nc1ccnc(Cl)n1. The third-order valence-corrected chi connectivity index (χ3v) is 2.55. The van der Waals surface area contributed by atoms with Crippen molar-refractivity contribution >= 4 is 23.3 Å². The number of hydrogen-bond donors (Lipinski definition) is 1. The number of nitrogens with zero attached hydrogens (tertiary/aromatic N) is 2. The van der Waals surface area contributed by atoms with Crippen molar-refractivity contribution < 1.29 is 4.79 Å². The third-order valence-electron chi connectivity index (χ3n) is 2.37. The van der Waals surface area contributed by atoms with Crippen molar-refractivity contribution in [2.75, 3.05) is 5.32 Å². The molecule has 1 aliphatic carbocycles. The number of hydrogen-bond acceptors (Lipinski definition) is 3. The fraction of sp³-hybridized carbons (Fsp3) is 0.500. The third kappa shape index (κ3) is 3.47. The molecule has 1 heterocycles. The maximum absolute atomic E-state index is 11.4. The van der Waals surface area contributed by atoms with Crippen LogP contribution in [-0.4, -0.2) is 15.9 Å². The van der Waals surface area contributed by atoms with Crippen LogP contribution >= 0.6 is 11.6 Å². The summed E-state index contributed by atoms with van der Waals surface area (Å²) in [5, 5.41) is 2.84. The van der Waals surface area contributed by atoms with Crippen LogP contribution in [0.1, 0.15) is 25.7 Å². The van der Waals surface area contributed by atoms with Gasteiger partial charge in [0, 0.05) is 12.6 Å². The topological polar surface area (TPSA) is 54.9 Å². The second-order valence-electron chi connectivity index (χ2n) is 3.74. The Bertz CT molecular complexity index is 365. The maximum atomic E-state index is 11.4. The van der Waals surface area contributed by atoms with E-state index < -0.39 is 0 Å². The molecule has 0 aromatic carbocycles. The van der Waals surface area contributed by atoms with Gasteiger partial charge in [-0.1, -0.05) is 12.8 Å². The Balaban J connectivity index is 1.81. The van der Waals surface area contributed by atoms with Gasteiger partial charge in [-0.15, -0.1) is 0 Å². The van der Waals surface area contributed by atoms with Gasteiger partial charge >= 0.3 is 0 Å². The summed E-state index contributed by atoms with van der Waals surface area (Å²) < 4.78 is 0. The summed E-state index contributed by atoms with van der Waals surface area (Å²) in [4.78, 5) is 19.1. The lowest BCUT2D eigenvalue weighted by Crippen LogP contribution is -2.12. The van der Waals surface area contributed by atoms with E-state index in [1.807, 2.05) is 0 Å². The zero-order chi connectivity index (χ0) is 10.7. The molecule has 0 atom stereocenters. The first-order chi connectivity index (χ1) is 7.24. The highest BCUT2D eigenvalue weighted by atomic mass is 35.5. The number of carbonyl (C=O) groups is 1. The number of nitrogens with one attached hydrogen (secondary N) is 1. The van der Waals surface area contributed by atoms with Gasteiger partial charge in [0.05, 0.1) is 0 Å². The van der Waals surface area contributed by atoms with Crippen LogP contribution in [0.4, 0.5) is 5.82 Å². The molecule has 0 spiro atoms. The second kappa shape index (κ2) is 4.57. The van der Waals surface area contributed by atoms with Crippen LogP contribution in [-0.2, 0) is 4.79 Å². The Morgan fingerprint density at radius 2 is 2.40 bits per heavy atom. The Morgan fingerprint density at radius 1 is 1.60 bits per heavy atom. The van der Waals surface area contributed by atoms with E-state index in [1.165, 1.54) is 19.0 Å². The zero-order valence-electron chi connectivity index (χ0n) is 8.24. The average Bonchev–Trinajstić information content (AvgIpc) is 2.98. The first kappa shape index (κ1) is 10.4. The highest BCUT2D eigenvalue weighted by Crippen LogP contribution is 2.33. The molecule has 15 heavy (non-hydrogen) atoms. The van der Waals surface area contributed by atoms with Crippen molar-refractivity contribution in [3.8, 4) is 0 Å². The second-order valence-corrected chi connectivity index (χ2v) is 4.08. The van der Waals surface area contributed by atoms with E-state index in [4.69, 9.17) is 11.6 Å². The van der Waals surface area contributed by atoms with Gasteiger partial charge < -0.3 is 5.32 Å². The van der Waals surface area contributed by atoms with Crippen molar-refractivity contribution in [2.24, 2.45) is 5.92 Å². The maximum Gasteiger partial charge on any atom is 0.225 e. The van der Waals surface area contributed by atoms with E-state index in [-0.39, 0.29) is 11.2 Å². The molecule has 1 aromatic heterocycles. The smallest absolute Gasteiger partial charge is 0.225 e. The monoisotopic (exact) mass is 225 g/mol. The van der Waals surface area contributed by atoms with E-state index in [9.17, 15) is 4.79 Å². The molecule has 0 bridgehead atoms. The highest BCUT2D eigenvalue weighted by Gasteiger charge is 2.21. The first-order valence-corrected chi connectivity index (χ1v) is 5.40. The molecule has 5 heteroatoms. The largest absolute Gasteiger partial charge is 0.311 e. The summed E-state index contributed by atoms with van der Waals surface area (Å²) in [6, 6.07) is 1.63. The van der Waals surface area contributed by atoms with E-state index in [1.54, 1.807) is 6.07 Å². The predicted molar refractivity (Wildman–Crippen MR) is 57.6 cm³/mol. The van der Waals surface area contributed by atoms with Gasteiger partial charge in [0.15, 0.2) is 0 Å². The Morgan fingerprint density at radius 3 is 3.07 bits per heavy atom. The number of rotatable bonds is 4. The number of aromatic nitrogens is 2. The summed E-state index contributed by atoms with van der Waals surface area (Å²) in [6.45, 7) is 0. The van der Waals surface area contributed by atoms with Crippen molar-refractivity contribution in [2.45, 2.75) is 25.7 Å². The van der Waals surface area contributed by atoms with Crippen LogP contribution in [0.3, 0.4) is 0 Å². The van der Waals surface area contributed by atoms with Gasteiger partial charge in [-0.2, -0.15) is 0 Å². The fourth-order valence-corrected chi connectivity index (χ4v) is 1.50. The van der Waals surface area contributed by atoms with Gasteiger partial charge in [-0.25, -0.2) is 9.97 Å². The van der Waals surface area contributed by atoms with Crippen LogP contribution in [0.15, 0.2) is 12.3 Å². The zero-order valence-corrected chi connectivity index (χ0v) is 9.00. The average molecular weight is 226 g/mol. The quantitative estimate of drug-likeness (QED) is 0.800. The molecule has 1 fully saturated rings. The lowest BCUT2D eigenvalue weighted by Gasteiger charge is -2.03. The molecule has 1 aliphatic rings. The van der Waals surface area contributed by atoms with E-state index in [2.05, 4.69) is 15.3 Å². The van der Waals surface area contributed by atoms with Crippen molar-refractivity contribution in [3.63, 3.8) is 0 Å². The van der Waals surface area contributed by atoms with Gasteiger partial charge in [0.25, 0.3) is 0 Å². The van der Waals surface area contributed by atoms with Crippen LogP contribution in [0, 0.1) is 5.92 Å². The summed E-state index contributed by atoms with van der Waals surface area (Å²) in [7, 11) is 0. The number of anilines is 1. The van der Waals surface area contributed by atoms with Crippen molar-refractivity contribution in [3.05, 3.63) is 17.5 Å². The van der Waals surface area contributed by atoms with Crippen molar-refractivity contribution in [1.29, 1.82) is 0 Å². The lowest BCUT2D eigenvalue weighted by molar-refractivity contribution is -0.116. The molecule has 0 saturated heterocycles. The van der Waals surface area contributed by atoms with Crippen LogP contribution in [0.5, 0.6) is 0 Å². The highest BCUT2D eigenvalue weighted by molar-refractivity contribution is 6.28. The molecular weight excluding hydrogens is 214 g/mol. The number of carbonyl (C=O) groups excluding carboxylic acids is 1. The normalized spacial score (nSPS) is 15.0. The molecule has 0 aliphatic heterocycles. The fourth-order valence-electron chi connectivity index (χ4n) is 1.35. The minimum absolute atomic E-state index is 0.00309. The van der Waals surface area contributed by atoms with Crippen LogP contribution in [0.25, 0.3) is 0 Å². The van der Waals surface area contributed by atoms with Crippen molar-refractivity contribution in [1.82, 2.24) is 9.97 Å². The molecule has 1 amide bonds. The first-order valence-electron chi connectivity index (χ1n) is 5.02. The molecule has 80 valence electrons. The summed E-state index contributed by atoms with van der Waals surface area (Å²) in [6.07, 6.45) is 5.60. The number of halogens is 1. The Kier molecular flexibility index (Phi) is 3.16. The lowest BCUT2D eigenvalue weighted by atomic mass is 10.2. The van der Waals surface area contributed by atoms with E-state index in [0.29, 0.717) is 12.2 Å². The van der Waals surface area contributed by atoms with Crippen LogP contribution in [0.2, 0.25) is 5.28 Å². The summed E-state index contributed by atoms with van der Waals surface area (Å²) in [5.41, 5.74) is 0.